The molecule has 0 fully saturated rings. The summed E-state index contributed by atoms with van der Waals surface area (Å²) in [6, 6.07) is 5.16. The smallest absolute Gasteiger partial charge is 0.370 e. The summed E-state index contributed by atoms with van der Waals surface area (Å²) < 4.78 is 35.4. The van der Waals surface area contributed by atoms with Crippen molar-refractivity contribution >= 4 is 23.5 Å². The minimum Gasteiger partial charge on any atom is -0.370 e. The molecule has 0 aliphatic rings. The summed E-state index contributed by atoms with van der Waals surface area (Å²) in [7, 11) is 0. The van der Waals surface area contributed by atoms with E-state index in [2.05, 4.69) is 15.3 Å². The lowest BCUT2D eigenvalue weighted by molar-refractivity contribution is -0.0327. The molecule has 0 aliphatic heterocycles. The Hall–Kier alpha value is -1.44. The van der Waals surface area contributed by atoms with E-state index in [9.17, 15) is 13.2 Å². The Morgan fingerprint density at radius 2 is 2.24 bits per heavy atom. The number of pyridine rings is 1. The number of thioether (sulfide) groups is 1. The number of aromatic nitrogens is 1. The van der Waals surface area contributed by atoms with E-state index in [-0.39, 0.29) is 30.0 Å². The summed E-state index contributed by atoms with van der Waals surface area (Å²) in [5.74, 6) is 0.386. The Balaban J connectivity index is 2.31. The summed E-state index contributed by atoms with van der Waals surface area (Å²) in [5, 5.41) is 2.67. The van der Waals surface area contributed by atoms with Crippen molar-refractivity contribution in [1.29, 1.82) is 0 Å². The Kier molecular flexibility index (Phi) is 5.08. The number of hydrogen-bond donors (Lipinski definition) is 2. The average molecular weight is 264 g/mol. The molecule has 17 heavy (non-hydrogen) atoms. The molecule has 0 saturated heterocycles. The van der Waals surface area contributed by atoms with Gasteiger partial charge < -0.3 is 11.1 Å². The van der Waals surface area contributed by atoms with Crippen molar-refractivity contribution in [2.24, 2.45) is 10.7 Å². The molecule has 3 N–H and O–H groups in total. The second kappa shape index (κ2) is 6.33. The fourth-order valence-electron chi connectivity index (χ4n) is 0.935. The number of nitrogens with two attached hydrogens (primary N) is 1. The predicted molar refractivity (Wildman–Crippen MR) is 62.9 cm³/mol. The van der Waals surface area contributed by atoms with Crippen LogP contribution in [0.25, 0.3) is 0 Å². The van der Waals surface area contributed by atoms with Crippen LogP contribution in [0.4, 0.5) is 19.0 Å². The molecule has 1 aromatic rings. The van der Waals surface area contributed by atoms with Crippen LogP contribution in [0.15, 0.2) is 29.4 Å². The van der Waals surface area contributed by atoms with Gasteiger partial charge in [0.05, 0.1) is 6.54 Å². The molecule has 1 aromatic heterocycles. The van der Waals surface area contributed by atoms with Gasteiger partial charge in [-0.2, -0.15) is 13.2 Å². The first-order chi connectivity index (χ1) is 7.97. The molecule has 0 spiro atoms. The molecule has 0 atom stereocenters. The zero-order valence-electron chi connectivity index (χ0n) is 8.74. The van der Waals surface area contributed by atoms with E-state index in [1.54, 1.807) is 24.4 Å². The molecule has 8 heteroatoms. The topological polar surface area (TPSA) is 63.3 Å². The van der Waals surface area contributed by atoms with Gasteiger partial charge in [-0.1, -0.05) is 6.07 Å². The molecule has 0 amide bonds. The number of halogens is 3. The van der Waals surface area contributed by atoms with Gasteiger partial charge in [0, 0.05) is 11.9 Å². The van der Waals surface area contributed by atoms with Crippen LogP contribution in [-0.4, -0.2) is 28.7 Å². The van der Waals surface area contributed by atoms with Gasteiger partial charge in [-0.3, -0.25) is 4.99 Å². The van der Waals surface area contributed by atoms with Crippen molar-refractivity contribution in [2.75, 3.05) is 17.6 Å². The van der Waals surface area contributed by atoms with Crippen molar-refractivity contribution in [2.45, 2.75) is 5.51 Å². The standard InChI is InChI=1S/C9H11F3N4S/c10-9(11,12)17-6-5-15-8(13)16-7-3-1-2-4-14-7/h1-4H,5-6H2,(H3,13,14,15,16). The molecule has 0 radical (unpaired) electrons. The van der Waals surface area contributed by atoms with Crippen molar-refractivity contribution in [3.63, 3.8) is 0 Å². The number of aliphatic imine (C=N–C) groups is 1. The van der Waals surface area contributed by atoms with Gasteiger partial charge in [0.25, 0.3) is 0 Å². The molecule has 1 heterocycles. The minimum absolute atomic E-state index is 0.00412. The number of nitrogens with zero attached hydrogens (tertiary/aromatic N) is 2. The van der Waals surface area contributed by atoms with Gasteiger partial charge in [-0.05, 0) is 23.9 Å². The van der Waals surface area contributed by atoms with Crippen LogP contribution < -0.4 is 11.1 Å². The highest BCUT2D eigenvalue weighted by Crippen LogP contribution is 2.29. The van der Waals surface area contributed by atoms with E-state index < -0.39 is 5.51 Å². The van der Waals surface area contributed by atoms with Crippen molar-refractivity contribution < 1.29 is 13.2 Å². The van der Waals surface area contributed by atoms with Gasteiger partial charge in [0.1, 0.15) is 5.82 Å². The summed E-state index contributed by atoms with van der Waals surface area (Å²) >= 11 is -0.124. The van der Waals surface area contributed by atoms with E-state index in [1.807, 2.05) is 0 Å². The fourth-order valence-corrected chi connectivity index (χ4v) is 1.35. The molecule has 1 rings (SSSR count). The van der Waals surface area contributed by atoms with Crippen molar-refractivity contribution in [3.8, 4) is 0 Å². The predicted octanol–water partition coefficient (Wildman–Crippen LogP) is 2.06. The van der Waals surface area contributed by atoms with Gasteiger partial charge in [-0.25, -0.2) is 4.98 Å². The van der Waals surface area contributed by atoms with Crippen molar-refractivity contribution in [1.82, 2.24) is 4.98 Å². The number of nitrogens with one attached hydrogen (secondary N) is 1. The quantitative estimate of drug-likeness (QED) is 0.496. The summed E-state index contributed by atoms with van der Waals surface area (Å²) in [6.45, 7) is -0.00412. The zero-order valence-corrected chi connectivity index (χ0v) is 9.55. The molecule has 0 aromatic carbocycles. The van der Waals surface area contributed by atoms with Gasteiger partial charge in [0.2, 0.25) is 0 Å². The lowest BCUT2D eigenvalue weighted by atomic mass is 10.5. The number of guanidine groups is 1. The van der Waals surface area contributed by atoms with E-state index >= 15 is 0 Å². The highest BCUT2D eigenvalue weighted by atomic mass is 32.2. The Bertz CT molecular complexity index is 366. The molecule has 4 nitrogen and oxygen atoms in total. The number of hydrogen-bond acceptors (Lipinski definition) is 3. The van der Waals surface area contributed by atoms with Crippen LogP contribution in [0.5, 0.6) is 0 Å². The van der Waals surface area contributed by atoms with Crippen LogP contribution in [0.3, 0.4) is 0 Å². The van der Waals surface area contributed by atoms with E-state index in [0.717, 1.165) is 0 Å². The Morgan fingerprint density at radius 1 is 1.47 bits per heavy atom. The molecule has 0 aliphatic carbocycles. The van der Waals surface area contributed by atoms with Crippen LogP contribution in [0.1, 0.15) is 0 Å². The molecular formula is C9H11F3N4S. The van der Waals surface area contributed by atoms with E-state index in [0.29, 0.717) is 5.82 Å². The third-order valence-corrected chi connectivity index (χ3v) is 2.27. The molecular weight excluding hydrogens is 253 g/mol. The number of rotatable bonds is 4. The number of alkyl halides is 3. The highest BCUT2D eigenvalue weighted by Gasteiger charge is 2.27. The zero-order chi connectivity index (χ0) is 12.7. The first-order valence-corrected chi connectivity index (χ1v) is 5.64. The van der Waals surface area contributed by atoms with Crippen LogP contribution in [0.2, 0.25) is 0 Å². The average Bonchev–Trinajstić information content (AvgIpc) is 2.25. The van der Waals surface area contributed by atoms with Gasteiger partial charge in [0.15, 0.2) is 5.96 Å². The second-order valence-electron chi connectivity index (χ2n) is 2.90. The van der Waals surface area contributed by atoms with Crippen LogP contribution in [-0.2, 0) is 0 Å². The van der Waals surface area contributed by atoms with Gasteiger partial charge in [-0.15, -0.1) is 0 Å². The van der Waals surface area contributed by atoms with E-state index in [4.69, 9.17) is 5.73 Å². The lowest BCUT2D eigenvalue weighted by Crippen LogP contribution is -2.23. The first kappa shape index (κ1) is 13.6. The maximum atomic E-state index is 11.8. The second-order valence-corrected chi connectivity index (χ2v) is 4.06. The number of anilines is 1. The summed E-state index contributed by atoms with van der Waals surface area (Å²) in [4.78, 5) is 7.67. The Labute approximate surface area is 101 Å². The SMILES string of the molecule is NC(=NCCSC(F)(F)F)Nc1ccccn1. The highest BCUT2D eigenvalue weighted by molar-refractivity contribution is 8.00. The van der Waals surface area contributed by atoms with E-state index in [1.165, 1.54) is 0 Å². The maximum Gasteiger partial charge on any atom is 0.441 e. The lowest BCUT2D eigenvalue weighted by Gasteiger charge is -2.05. The normalized spacial score (nSPS) is 12.5. The summed E-state index contributed by atoms with van der Waals surface area (Å²) in [5.41, 5.74) is 1.24. The van der Waals surface area contributed by atoms with Crippen LogP contribution >= 0.6 is 11.8 Å². The molecule has 0 saturated carbocycles. The Morgan fingerprint density at radius 3 is 2.82 bits per heavy atom. The molecule has 0 bridgehead atoms. The maximum absolute atomic E-state index is 11.8. The fraction of sp³-hybridized carbons (Fsp3) is 0.333. The monoisotopic (exact) mass is 264 g/mol. The first-order valence-electron chi connectivity index (χ1n) is 4.66. The largest absolute Gasteiger partial charge is 0.441 e. The van der Waals surface area contributed by atoms with Crippen molar-refractivity contribution in [3.05, 3.63) is 24.4 Å². The third kappa shape index (κ3) is 6.67. The third-order valence-electron chi connectivity index (χ3n) is 1.56. The summed E-state index contributed by atoms with van der Waals surface area (Å²) in [6.07, 6.45) is 1.56. The van der Waals surface area contributed by atoms with Crippen LogP contribution in [0, 0.1) is 0 Å². The van der Waals surface area contributed by atoms with Gasteiger partial charge >= 0.3 is 5.51 Å². The molecule has 0 unspecified atom stereocenters. The molecule has 94 valence electrons. The minimum atomic E-state index is -4.22.